The highest BCUT2D eigenvalue weighted by Crippen LogP contribution is 2.41. The lowest BCUT2D eigenvalue weighted by Crippen LogP contribution is -2.25. The van der Waals surface area contributed by atoms with Gasteiger partial charge in [-0.3, -0.25) is 9.59 Å². The van der Waals surface area contributed by atoms with E-state index in [1.54, 1.807) is 23.8 Å². The minimum atomic E-state index is -1.08. The largest absolute Gasteiger partial charge is 0.504 e. The lowest BCUT2D eigenvalue weighted by atomic mass is 9.90. The number of rotatable bonds is 7. The number of phenolic OH excluding ortho intramolecular Hbond substituents is 1. The van der Waals surface area contributed by atoms with Crippen LogP contribution < -0.4 is 10.2 Å². The molecule has 0 spiro atoms. The summed E-state index contributed by atoms with van der Waals surface area (Å²) in [5, 5.41) is 12.7. The summed E-state index contributed by atoms with van der Waals surface area (Å²) in [7, 11) is 1.62. The molecule has 0 radical (unpaired) electrons. The maximum Gasteiger partial charge on any atom is 0.322 e. The Kier molecular flexibility index (Phi) is 5.89. The third-order valence-electron chi connectivity index (χ3n) is 4.92. The summed E-state index contributed by atoms with van der Waals surface area (Å²) in [5.41, 5.74) is 1.41. The van der Waals surface area contributed by atoms with Gasteiger partial charge in [0.15, 0.2) is 16.9 Å². The monoisotopic (exact) mass is 386 g/mol. The Bertz CT molecular complexity index is 966. The molecule has 1 unspecified atom stereocenters. The zero-order valence-corrected chi connectivity index (χ0v) is 15.8. The summed E-state index contributed by atoms with van der Waals surface area (Å²) in [6.45, 7) is 2.98. The number of benzene rings is 1. The average Bonchev–Trinajstić information content (AvgIpc) is 2.70. The minimum absolute atomic E-state index is 0.00723. The number of aromatic nitrogens is 1. The number of methoxy groups -OCH3 is 1. The molecule has 0 saturated carbocycles. The van der Waals surface area contributed by atoms with Gasteiger partial charge in [-0.1, -0.05) is 6.92 Å². The van der Waals surface area contributed by atoms with Crippen molar-refractivity contribution in [3.63, 3.8) is 0 Å². The molecule has 2 aromatic rings. The number of carbonyl (C=O) groups is 1. The number of aromatic hydroxyl groups is 1. The van der Waals surface area contributed by atoms with Gasteiger partial charge in [0, 0.05) is 49.2 Å². The van der Waals surface area contributed by atoms with E-state index in [2.05, 4.69) is 5.18 Å². The van der Waals surface area contributed by atoms with E-state index in [9.17, 15) is 19.6 Å². The molecule has 1 aliphatic heterocycles. The van der Waals surface area contributed by atoms with Crippen molar-refractivity contribution in [3.05, 3.63) is 50.7 Å². The molecule has 0 saturated heterocycles. The van der Waals surface area contributed by atoms with Gasteiger partial charge in [-0.05, 0) is 30.5 Å². The molecule has 8 heteroatoms. The number of hydrogen-bond acceptors (Lipinski definition) is 6. The van der Waals surface area contributed by atoms with Crippen molar-refractivity contribution < 1.29 is 19.4 Å². The van der Waals surface area contributed by atoms with E-state index in [1.165, 1.54) is 12.3 Å². The maximum atomic E-state index is 12.3. The first-order valence-corrected chi connectivity index (χ1v) is 9.12. The van der Waals surface area contributed by atoms with Crippen molar-refractivity contribution in [3.8, 4) is 22.8 Å². The summed E-state index contributed by atoms with van der Waals surface area (Å²) in [6.07, 6.45) is 3.48. The zero-order chi connectivity index (χ0) is 20.3. The van der Waals surface area contributed by atoms with E-state index in [-0.39, 0.29) is 17.4 Å². The van der Waals surface area contributed by atoms with Crippen LogP contribution in [0, 0.1) is 4.91 Å². The number of nitrogens with zero attached hydrogens (tertiary/aromatic N) is 2. The second-order valence-corrected chi connectivity index (χ2v) is 6.68. The number of nitroso groups, excluding NO2 is 1. The molecular weight excluding hydrogens is 364 g/mol. The normalized spacial score (nSPS) is 14.9. The van der Waals surface area contributed by atoms with E-state index in [1.807, 2.05) is 6.92 Å². The number of phenols is 1. The van der Waals surface area contributed by atoms with Gasteiger partial charge < -0.3 is 19.1 Å². The van der Waals surface area contributed by atoms with Crippen molar-refractivity contribution in [1.29, 1.82) is 0 Å². The fourth-order valence-electron chi connectivity index (χ4n) is 3.49. The van der Waals surface area contributed by atoms with Crippen molar-refractivity contribution in [2.45, 2.75) is 32.2 Å². The van der Waals surface area contributed by atoms with Crippen LogP contribution in [0.5, 0.6) is 11.5 Å². The summed E-state index contributed by atoms with van der Waals surface area (Å²) in [6, 6.07) is 4.67. The van der Waals surface area contributed by atoms with Crippen molar-refractivity contribution >= 4 is 5.91 Å². The molecule has 1 amide bonds. The first-order chi connectivity index (χ1) is 13.5. The summed E-state index contributed by atoms with van der Waals surface area (Å²) in [5.74, 6) is -0.721. The Morgan fingerprint density at radius 1 is 1.32 bits per heavy atom. The minimum Gasteiger partial charge on any atom is -0.504 e. The predicted octanol–water partition coefficient (Wildman–Crippen LogP) is 3.05. The lowest BCUT2D eigenvalue weighted by molar-refractivity contribution is 0.0999. The zero-order valence-electron chi connectivity index (χ0n) is 15.8. The topological polar surface area (TPSA) is 107 Å². The maximum absolute atomic E-state index is 12.3. The molecule has 0 fully saturated rings. The third-order valence-corrected chi connectivity index (χ3v) is 4.92. The van der Waals surface area contributed by atoms with Crippen molar-refractivity contribution in [1.82, 2.24) is 4.57 Å². The van der Waals surface area contributed by atoms with Gasteiger partial charge in [0.05, 0.1) is 12.3 Å². The quantitative estimate of drug-likeness (QED) is 0.579. The number of hydrogen-bond donors (Lipinski definition) is 1. The Morgan fingerprint density at radius 2 is 2.11 bits per heavy atom. The van der Waals surface area contributed by atoms with Crippen LogP contribution in [-0.4, -0.2) is 35.9 Å². The summed E-state index contributed by atoms with van der Waals surface area (Å²) in [4.78, 5) is 34.5. The van der Waals surface area contributed by atoms with Gasteiger partial charge in [-0.15, -0.1) is 4.91 Å². The molecule has 0 aliphatic carbocycles. The first-order valence-electron chi connectivity index (χ1n) is 9.12. The van der Waals surface area contributed by atoms with E-state index in [0.29, 0.717) is 43.1 Å². The highest BCUT2D eigenvalue weighted by Gasteiger charge is 2.26. The van der Waals surface area contributed by atoms with Gasteiger partial charge >= 0.3 is 5.91 Å². The predicted molar refractivity (Wildman–Crippen MR) is 103 cm³/mol. The standard InChI is InChI=1S/C20H22N2O6/c1-3-13-7-12-8-19(28-6-4-5-27-2)18(24)9-14(12)16-10-17(23)15(11-22(13)16)20(25)21-26/h8-11,13,24H,3-7H2,1-2H3. The smallest absolute Gasteiger partial charge is 0.322 e. The van der Waals surface area contributed by atoms with Gasteiger partial charge in [-0.2, -0.15) is 0 Å². The van der Waals surface area contributed by atoms with Crippen molar-refractivity contribution in [2.24, 2.45) is 5.18 Å². The van der Waals surface area contributed by atoms with E-state index in [4.69, 9.17) is 9.47 Å². The van der Waals surface area contributed by atoms with E-state index in [0.717, 1.165) is 12.0 Å². The number of pyridine rings is 1. The number of ether oxygens (including phenoxy) is 2. The molecule has 2 heterocycles. The van der Waals surface area contributed by atoms with Crippen molar-refractivity contribution in [2.75, 3.05) is 20.3 Å². The van der Waals surface area contributed by atoms with Crippen LogP contribution in [0.25, 0.3) is 11.3 Å². The van der Waals surface area contributed by atoms with Gasteiger partial charge in [0.2, 0.25) is 0 Å². The van der Waals surface area contributed by atoms with Gasteiger partial charge in [0.1, 0.15) is 5.56 Å². The summed E-state index contributed by atoms with van der Waals surface area (Å²) >= 11 is 0. The van der Waals surface area contributed by atoms with Crippen LogP contribution in [0.4, 0.5) is 0 Å². The number of amides is 1. The number of carbonyl (C=O) groups excluding carboxylic acids is 1. The fraction of sp³-hybridized carbons (Fsp3) is 0.400. The van der Waals surface area contributed by atoms with Crippen LogP contribution in [0.15, 0.2) is 34.4 Å². The molecule has 8 nitrogen and oxygen atoms in total. The Hall–Kier alpha value is -3.00. The van der Waals surface area contributed by atoms with Crippen LogP contribution >= 0.6 is 0 Å². The summed E-state index contributed by atoms with van der Waals surface area (Å²) < 4.78 is 12.5. The first kappa shape index (κ1) is 19.8. The molecular formula is C20H22N2O6. The van der Waals surface area contributed by atoms with Gasteiger partial charge in [0.25, 0.3) is 0 Å². The molecule has 148 valence electrons. The second kappa shape index (κ2) is 8.35. The molecule has 28 heavy (non-hydrogen) atoms. The lowest BCUT2D eigenvalue weighted by Gasteiger charge is -2.30. The Morgan fingerprint density at radius 3 is 2.79 bits per heavy atom. The van der Waals surface area contributed by atoms with Crippen LogP contribution in [0.2, 0.25) is 0 Å². The molecule has 3 rings (SSSR count). The third kappa shape index (κ3) is 3.68. The highest BCUT2D eigenvalue weighted by molar-refractivity contribution is 5.94. The van der Waals surface area contributed by atoms with Crippen LogP contribution in [-0.2, 0) is 11.2 Å². The fourth-order valence-corrected chi connectivity index (χ4v) is 3.49. The van der Waals surface area contributed by atoms with Crippen LogP contribution in [0.1, 0.15) is 41.7 Å². The average molecular weight is 386 g/mol. The number of fused-ring (bicyclic) bond motifs is 3. The molecule has 0 bridgehead atoms. The van der Waals surface area contributed by atoms with Crippen LogP contribution in [0.3, 0.4) is 0 Å². The molecule has 1 atom stereocenters. The molecule has 1 aromatic heterocycles. The SMILES string of the molecule is CCC1Cc2cc(OCCCOC)c(O)cc2-c2cc(=O)c(C(=O)N=O)cn21. The molecule has 1 N–H and O–H groups in total. The highest BCUT2D eigenvalue weighted by atomic mass is 16.5. The van der Waals surface area contributed by atoms with E-state index < -0.39 is 11.3 Å². The molecule has 1 aromatic carbocycles. The Balaban J connectivity index is 2.04. The second-order valence-electron chi connectivity index (χ2n) is 6.68. The Labute approximate surface area is 161 Å². The van der Waals surface area contributed by atoms with Gasteiger partial charge in [-0.25, -0.2) is 0 Å². The molecule has 1 aliphatic rings. The van der Waals surface area contributed by atoms with E-state index >= 15 is 0 Å².